The van der Waals surface area contributed by atoms with E-state index >= 15 is 4.39 Å². The quantitative estimate of drug-likeness (QED) is 0.592. The molecule has 0 bridgehead atoms. The molecule has 0 radical (unpaired) electrons. The topological polar surface area (TPSA) is 90.2 Å². The van der Waals surface area contributed by atoms with E-state index in [0.29, 0.717) is 17.0 Å². The minimum Gasteiger partial charge on any atom is -0.394 e. The lowest BCUT2D eigenvalue weighted by atomic mass is 9.89. The summed E-state index contributed by atoms with van der Waals surface area (Å²) in [6.45, 7) is 3.58. The highest BCUT2D eigenvalue weighted by Gasteiger charge is 2.44. The Morgan fingerprint density at radius 2 is 1.59 bits per heavy atom. The van der Waals surface area contributed by atoms with E-state index in [4.69, 9.17) is 16.3 Å². The Hall–Kier alpha value is -1.54. The van der Waals surface area contributed by atoms with E-state index in [1.54, 1.807) is 18.2 Å². The normalized spacial score (nSPS) is 28.5. The molecule has 7 heteroatoms. The number of alkyl halides is 1. The molecule has 1 fully saturated rings. The first-order valence-electron chi connectivity index (χ1n) is 9.58. The maximum Gasteiger partial charge on any atom is 0.152 e. The monoisotopic (exact) mass is 424 g/mol. The lowest BCUT2D eigenvalue weighted by Crippen LogP contribution is -2.55. The van der Waals surface area contributed by atoms with Gasteiger partial charge in [-0.3, -0.25) is 0 Å². The number of benzene rings is 2. The van der Waals surface area contributed by atoms with Gasteiger partial charge in [-0.25, -0.2) is 4.39 Å². The molecule has 0 aliphatic carbocycles. The number of ether oxygens (including phenoxy) is 1. The molecular formula is C22H26ClFO5. The average Bonchev–Trinajstić information content (AvgIpc) is 2.72. The molecule has 0 saturated carbocycles. The number of rotatable bonds is 5. The van der Waals surface area contributed by atoms with Gasteiger partial charge in [-0.2, -0.15) is 0 Å². The van der Waals surface area contributed by atoms with Gasteiger partial charge in [0, 0.05) is 10.6 Å². The molecule has 0 aromatic heterocycles. The zero-order valence-electron chi connectivity index (χ0n) is 16.2. The van der Waals surface area contributed by atoms with Gasteiger partial charge in [0.25, 0.3) is 0 Å². The summed E-state index contributed by atoms with van der Waals surface area (Å²) in [5.74, 6) is 0.334. The molecule has 5 nitrogen and oxygen atoms in total. The van der Waals surface area contributed by atoms with E-state index in [-0.39, 0.29) is 10.6 Å². The fourth-order valence-electron chi connectivity index (χ4n) is 3.54. The van der Waals surface area contributed by atoms with Gasteiger partial charge in [0.05, 0.1) is 6.61 Å². The van der Waals surface area contributed by atoms with Crippen LogP contribution in [0.4, 0.5) is 4.39 Å². The largest absolute Gasteiger partial charge is 0.394 e. The Balaban J connectivity index is 1.91. The Bertz CT molecular complexity index is 826. The lowest BCUT2D eigenvalue weighted by molar-refractivity contribution is -0.231. The second-order valence-corrected chi connectivity index (χ2v) is 8.12. The van der Waals surface area contributed by atoms with Crippen molar-refractivity contribution in [3.8, 4) is 0 Å². The van der Waals surface area contributed by atoms with Crippen molar-refractivity contribution in [2.24, 2.45) is 0 Å². The van der Waals surface area contributed by atoms with Gasteiger partial charge < -0.3 is 25.2 Å². The van der Waals surface area contributed by atoms with Gasteiger partial charge in [0.15, 0.2) is 6.17 Å². The molecule has 6 atom stereocenters. The molecule has 158 valence electrons. The third kappa shape index (κ3) is 4.48. The molecule has 1 aliphatic heterocycles. The maximum absolute atomic E-state index is 15.3. The Kier molecular flexibility index (Phi) is 6.94. The number of hydrogen-bond donors (Lipinski definition) is 4. The van der Waals surface area contributed by atoms with Crippen molar-refractivity contribution in [1.29, 1.82) is 0 Å². The number of halogens is 2. The summed E-state index contributed by atoms with van der Waals surface area (Å²) in [7, 11) is 0. The molecule has 3 rings (SSSR count). The summed E-state index contributed by atoms with van der Waals surface area (Å²) in [4.78, 5) is 0. The molecule has 1 saturated heterocycles. The fourth-order valence-corrected chi connectivity index (χ4v) is 3.75. The summed E-state index contributed by atoms with van der Waals surface area (Å²) in [6, 6.07) is 11.7. The molecule has 4 N–H and O–H groups in total. The predicted octanol–water partition coefficient (Wildman–Crippen LogP) is 3.04. The zero-order valence-corrected chi connectivity index (χ0v) is 17.0. The van der Waals surface area contributed by atoms with Crippen molar-refractivity contribution in [3.05, 3.63) is 69.7 Å². The van der Waals surface area contributed by atoms with Crippen LogP contribution in [0.1, 0.15) is 54.3 Å². The third-order valence-electron chi connectivity index (χ3n) is 5.41. The van der Waals surface area contributed by atoms with Crippen LogP contribution in [0.3, 0.4) is 0 Å². The Labute approximate surface area is 174 Å². The van der Waals surface area contributed by atoms with Crippen LogP contribution in [0.5, 0.6) is 0 Å². The Morgan fingerprint density at radius 1 is 0.966 bits per heavy atom. The molecule has 2 aromatic carbocycles. The second-order valence-electron chi connectivity index (χ2n) is 7.71. The van der Waals surface area contributed by atoms with Gasteiger partial charge in [-0.05, 0) is 34.7 Å². The van der Waals surface area contributed by atoms with Gasteiger partial charge in [0.1, 0.15) is 30.5 Å². The summed E-state index contributed by atoms with van der Waals surface area (Å²) in [6.07, 6.45) is -7.97. The van der Waals surface area contributed by atoms with E-state index in [0.717, 1.165) is 5.56 Å². The van der Waals surface area contributed by atoms with Gasteiger partial charge in [0.2, 0.25) is 0 Å². The first-order chi connectivity index (χ1) is 13.7. The highest BCUT2D eigenvalue weighted by molar-refractivity contribution is 6.31. The number of hydrogen-bond acceptors (Lipinski definition) is 5. The molecule has 6 unspecified atom stereocenters. The van der Waals surface area contributed by atoms with Crippen LogP contribution in [0, 0.1) is 0 Å². The molecular weight excluding hydrogens is 399 g/mol. The molecule has 0 spiro atoms. The van der Waals surface area contributed by atoms with Crippen LogP contribution >= 0.6 is 11.6 Å². The minimum atomic E-state index is -1.50. The van der Waals surface area contributed by atoms with E-state index in [2.05, 4.69) is 13.8 Å². The predicted molar refractivity (Wildman–Crippen MR) is 108 cm³/mol. The summed E-state index contributed by atoms with van der Waals surface area (Å²) < 4.78 is 20.8. The summed E-state index contributed by atoms with van der Waals surface area (Å²) in [5.41, 5.74) is 2.14. The summed E-state index contributed by atoms with van der Waals surface area (Å²) >= 11 is 6.23. The third-order valence-corrected chi connectivity index (χ3v) is 5.75. The van der Waals surface area contributed by atoms with Gasteiger partial charge in [-0.1, -0.05) is 55.8 Å². The van der Waals surface area contributed by atoms with Crippen molar-refractivity contribution in [3.63, 3.8) is 0 Å². The zero-order chi connectivity index (χ0) is 21.3. The smallest absolute Gasteiger partial charge is 0.152 e. The average molecular weight is 425 g/mol. The van der Waals surface area contributed by atoms with Crippen LogP contribution in [-0.2, 0) is 4.74 Å². The van der Waals surface area contributed by atoms with Crippen LogP contribution in [0.15, 0.2) is 42.5 Å². The SMILES string of the molecule is CC(C)c1ccc(C(F)c2cc(C3OC(CO)C(O)C(O)C3O)ccc2Cl)cc1. The fraction of sp³-hybridized carbons (Fsp3) is 0.455. The highest BCUT2D eigenvalue weighted by atomic mass is 35.5. The standard InChI is InChI=1S/C22H26ClFO5/c1-11(2)12-3-5-13(6-4-12)18(24)15-9-14(7-8-16(15)23)22-21(28)20(27)19(26)17(10-25)29-22/h3-9,11,17-22,25-28H,10H2,1-2H3. The first-order valence-corrected chi connectivity index (χ1v) is 9.96. The molecule has 1 aliphatic rings. The summed E-state index contributed by atoms with van der Waals surface area (Å²) in [5, 5.41) is 39.9. The second kappa shape index (κ2) is 9.08. The Morgan fingerprint density at radius 3 is 2.17 bits per heavy atom. The van der Waals surface area contributed by atoms with Crippen LogP contribution < -0.4 is 0 Å². The van der Waals surface area contributed by atoms with Gasteiger partial charge >= 0.3 is 0 Å². The van der Waals surface area contributed by atoms with Crippen molar-refractivity contribution < 1.29 is 29.6 Å². The van der Waals surface area contributed by atoms with Crippen molar-refractivity contribution in [1.82, 2.24) is 0 Å². The van der Waals surface area contributed by atoms with E-state index < -0.39 is 43.3 Å². The van der Waals surface area contributed by atoms with Crippen molar-refractivity contribution in [2.45, 2.75) is 56.5 Å². The number of aliphatic hydroxyl groups is 4. The van der Waals surface area contributed by atoms with E-state index in [1.807, 2.05) is 12.1 Å². The van der Waals surface area contributed by atoms with Crippen LogP contribution in [-0.4, -0.2) is 51.4 Å². The molecule has 29 heavy (non-hydrogen) atoms. The van der Waals surface area contributed by atoms with Gasteiger partial charge in [-0.15, -0.1) is 0 Å². The van der Waals surface area contributed by atoms with E-state index in [9.17, 15) is 20.4 Å². The molecule has 0 amide bonds. The number of aliphatic hydroxyl groups excluding tert-OH is 4. The highest BCUT2D eigenvalue weighted by Crippen LogP contribution is 2.38. The molecule has 1 heterocycles. The minimum absolute atomic E-state index is 0.207. The van der Waals surface area contributed by atoms with Crippen molar-refractivity contribution in [2.75, 3.05) is 6.61 Å². The van der Waals surface area contributed by atoms with Crippen LogP contribution in [0.2, 0.25) is 5.02 Å². The maximum atomic E-state index is 15.3. The van der Waals surface area contributed by atoms with Crippen LogP contribution in [0.25, 0.3) is 0 Å². The lowest BCUT2D eigenvalue weighted by Gasteiger charge is -2.40. The molecule has 2 aromatic rings. The van der Waals surface area contributed by atoms with E-state index in [1.165, 1.54) is 12.1 Å². The first kappa shape index (κ1) is 22.2. The van der Waals surface area contributed by atoms with Crippen molar-refractivity contribution >= 4 is 11.6 Å².